The lowest BCUT2D eigenvalue weighted by molar-refractivity contribution is 0.123. The van der Waals surface area contributed by atoms with E-state index in [0.29, 0.717) is 23.9 Å². The van der Waals surface area contributed by atoms with E-state index >= 15 is 0 Å². The highest BCUT2D eigenvalue weighted by Gasteiger charge is 2.23. The number of halogens is 2. The smallest absolute Gasteiger partial charge is 0.119 e. The second-order valence-corrected chi connectivity index (χ2v) is 8.56. The largest absolute Gasteiger partial charge is 0.508 e. The Bertz CT molecular complexity index is 724. The predicted octanol–water partition coefficient (Wildman–Crippen LogP) is 7.30. The van der Waals surface area contributed by atoms with Crippen molar-refractivity contribution >= 4 is 28.3 Å². The van der Waals surface area contributed by atoms with Crippen molar-refractivity contribution in [2.24, 2.45) is 0 Å². The zero-order valence-electron chi connectivity index (χ0n) is 17.2. The molecule has 0 aliphatic heterocycles. The van der Waals surface area contributed by atoms with Crippen LogP contribution in [-0.4, -0.2) is 22.1 Å². The first kappa shape index (κ1) is 24.0. The molecule has 1 N–H and O–H groups in total. The van der Waals surface area contributed by atoms with Gasteiger partial charge in [0, 0.05) is 34.1 Å². The summed E-state index contributed by atoms with van der Waals surface area (Å²) < 4.78 is 0.999. The third kappa shape index (κ3) is 5.73. The van der Waals surface area contributed by atoms with Crippen LogP contribution < -0.4 is 0 Å². The van der Waals surface area contributed by atoms with Crippen LogP contribution in [0.25, 0.3) is 0 Å². The third-order valence-corrected chi connectivity index (χ3v) is 5.70. The summed E-state index contributed by atoms with van der Waals surface area (Å²) in [6.45, 7) is 13.5. The first-order valence-electron chi connectivity index (χ1n) is 9.61. The third-order valence-electron chi connectivity index (χ3n) is 5.21. The molecule has 0 saturated heterocycles. The standard InChI is InChI=1S/C23H32BrNO.ClH/c1-7-21(22-14-20(24)11-12-23(22)26)19-10-8-9-18(13-19)17(6)25(15(2)3)16(4)5;/h8-17,21,26H,7H2,1-6H3;1H. The lowest BCUT2D eigenvalue weighted by Crippen LogP contribution is -2.39. The van der Waals surface area contributed by atoms with Gasteiger partial charge in [-0.05, 0) is 70.4 Å². The Morgan fingerprint density at radius 1 is 0.926 bits per heavy atom. The van der Waals surface area contributed by atoms with Crippen LogP contribution in [0.2, 0.25) is 0 Å². The monoisotopic (exact) mass is 453 g/mol. The van der Waals surface area contributed by atoms with Crippen molar-refractivity contribution in [3.05, 3.63) is 63.6 Å². The van der Waals surface area contributed by atoms with Crippen molar-refractivity contribution < 1.29 is 5.11 Å². The van der Waals surface area contributed by atoms with Crippen molar-refractivity contribution in [2.45, 2.75) is 72.0 Å². The molecule has 0 aliphatic carbocycles. The second kappa shape index (κ2) is 10.5. The zero-order valence-corrected chi connectivity index (χ0v) is 19.6. The van der Waals surface area contributed by atoms with E-state index in [0.717, 1.165) is 16.5 Å². The Hall–Kier alpha value is -1.03. The summed E-state index contributed by atoms with van der Waals surface area (Å²) in [6, 6.07) is 15.9. The summed E-state index contributed by atoms with van der Waals surface area (Å²) >= 11 is 3.54. The van der Waals surface area contributed by atoms with Gasteiger partial charge in [0.15, 0.2) is 0 Å². The summed E-state index contributed by atoms with van der Waals surface area (Å²) in [4.78, 5) is 2.54. The first-order chi connectivity index (χ1) is 12.3. The minimum atomic E-state index is 0. The number of hydrogen-bond donors (Lipinski definition) is 1. The molecule has 0 aliphatic rings. The van der Waals surface area contributed by atoms with Gasteiger partial charge in [0.05, 0.1) is 0 Å². The average Bonchev–Trinajstić information content (AvgIpc) is 2.58. The summed E-state index contributed by atoms with van der Waals surface area (Å²) in [6.07, 6.45) is 0.944. The van der Waals surface area contributed by atoms with E-state index in [1.807, 2.05) is 12.1 Å². The van der Waals surface area contributed by atoms with Crippen LogP contribution in [0.5, 0.6) is 5.75 Å². The van der Waals surface area contributed by atoms with Crippen LogP contribution in [0.1, 0.15) is 76.6 Å². The Morgan fingerprint density at radius 2 is 1.52 bits per heavy atom. The van der Waals surface area contributed by atoms with Crippen LogP contribution in [0.4, 0.5) is 0 Å². The quantitative estimate of drug-likeness (QED) is 0.474. The van der Waals surface area contributed by atoms with Crippen molar-refractivity contribution in [1.29, 1.82) is 0 Å². The predicted molar refractivity (Wildman–Crippen MR) is 122 cm³/mol. The van der Waals surface area contributed by atoms with Gasteiger partial charge in [0.25, 0.3) is 0 Å². The fourth-order valence-corrected chi connectivity index (χ4v) is 4.52. The fourth-order valence-electron chi connectivity index (χ4n) is 4.14. The van der Waals surface area contributed by atoms with Gasteiger partial charge in [-0.3, -0.25) is 4.90 Å². The summed E-state index contributed by atoms with van der Waals surface area (Å²) in [5.41, 5.74) is 3.58. The molecule has 0 spiro atoms. The van der Waals surface area contributed by atoms with Gasteiger partial charge in [0.2, 0.25) is 0 Å². The Labute approximate surface area is 179 Å². The molecule has 4 heteroatoms. The van der Waals surface area contributed by atoms with Gasteiger partial charge in [0.1, 0.15) is 5.75 Å². The maximum Gasteiger partial charge on any atom is 0.119 e. The molecule has 2 aromatic carbocycles. The molecule has 27 heavy (non-hydrogen) atoms. The van der Waals surface area contributed by atoms with Crippen LogP contribution in [0.15, 0.2) is 46.9 Å². The second-order valence-electron chi connectivity index (χ2n) is 7.64. The number of aromatic hydroxyl groups is 1. The van der Waals surface area contributed by atoms with Crippen LogP contribution in [-0.2, 0) is 0 Å². The van der Waals surface area contributed by atoms with E-state index < -0.39 is 0 Å². The number of phenolic OH excluding ortho intramolecular Hbond substituents is 1. The van der Waals surface area contributed by atoms with Gasteiger partial charge < -0.3 is 5.11 Å². The van der Waals surface area contributed by atoms with Gasteiger partial charge in [-0.2, -0.15) is 0 Å². The van der Waals surface area contributed by atoms with E-state index in [-0.39, 0.29) is 18.3 Å². The molecular weight excluding hydrogens is 422 g/mol. The molecule has 0 fully saturated rings. The molecule has 0 bridgehead atoms. The molecule has 2 atom stereocenters. The van der Waals surface area contributed by atoms with Gasteiger partial charge in [-0.25, -0.2) is 0 Å². The molecule has 2 nitrogen and oxygen atoms in total. The summed E-state index contributed by atoms with van der Waals surface area (Å²) in [5, 5.41) is 10.4. The van der Waals surface area contributed by atoms with E-state index in [4.69, 9.17) is 0 Å². The number of phenols is 1. The maximum atomic E-state index is 10.4. The highest BCUT2D eigenvalue weighted by atomic mass is 79.9. The maximum absolute atomic E-state index is 10.4. The Kier molecular flexibility index (Phi) is 9.33. The van der Waals surface area contributed by atoms with E-state index in [2.05, 4.69) is 86.6 Å². The number of rotatable bonds is 7. The van der Waals surface area contributed by atoms with E-state index in [1.165, 1.54) is 11.1 Å². The Morgan fingerprint density at radius 3 is 2.07 bits per heavy atom. The van der Waals surface area contributed by atoms with Crippen molar-refractivity contribution in [1.82, 2.24) is 4.90 Å². The fraction of sp³-hybridized carbons (Fsp3) is 0.478. The van der Waals surface area contributed by atoms with Crippen LogP contribution in [0, 0.1) is 0 Å². The minimum absolute atomic E-state index is 0. The number of nitrogens with zero attached hydrogens (tertiary/aromatic N) is 1. The van der Waals surface area contributed by atoms with Crippen molar-refractivity contribution in [2.75, 3.05) is 0 Å². The topological polar surface area (TPSA) is 23.5 Å². The molecule has 0 radical (unpaired) electrons. The van der Waals surface area contributed by atoms with Gasteiger partial charge in [-0.15, -0.1) is 12.4 Å². The van der Waals surface area contributed by atoms with Gasteiger partial charge in [-0.1, -0.05) is 47.1 Å². The minimum Gasteiger partial charge on any atom is -0.508 e. The lowest BCUT2D eigenvalue weighted by atomic mass is 9.87. The molecule has 0 saturated carbocycles. The normalized spacial score (nSPS) is 13.7. The molecule has 0 heterocycles. The first-order valence-corrected chi connectivity index (χ1v) is 10.4. The average molecular weight is 455 g/mol. The molecule has 2 unspecified atom stereocenters. The molecule has 0 aromatic heterocycles. The number of benzene rings is 2. The van der Waals surface area contributed by atoms with Crippen LogP contribution >= 0.6 is 28.3 Å². The SMILES string of the molecule is CCC(c1cccc(C(C)N(C(C)C)C(C)C)c1)c1cc(Br)ccc1O.Cl. The molecule has 0 amide bonds. The lowest BCUT2D eigenvalue weighted by Gasteiger charge is -2.37. The van der Waals surface area contributed by atoms with Crippen LogP contribution in [0.3, 0.4) is 0 Å². The van der Waals surface area contributed by atoms with E-state index in [1.54, 1.807) is 6.07 Å². The Balaban J connectivity index is 0.00000364. The molecular formula is C23H33BrClNO. The summed E-state index contributed by atoms with van der Waals surface area (Å²) in [7, 11) is 0. The number of hydrogen-bond acceptors (Lipinski definition) is 2. The van der Waals surface area contributed by atoms with Crippen molar-refractivity contribution in [3.63, 3.8) is 0 Å². The van der Waals surface area contributed by atoms with Crippen molar-refractivity contribution in [3.8, 4) is 5.75 Å². The molecule has 2 rings (SSSR count). The molecule has 2 aromatic rings. The highest BCUT2D eigenvalue weighted by Crippen LogP contribution is 2.37. The summed E-state index contributed by atoms with van der Waals surface area (Å²) in [5.74, 6) is 0.552. The van der Waals surface area contributed by atoms with Gasteiger partial charge >= 0.3 is 0 Å². The molecule has 150 valence electrons. The zero-order chi connectivity index (χ0) is 19.4. The highest BCUT2D eigenvalue weighted by molar-refractivity contribution is 9.10. The van der Waals surface area contributed by atoms with E-state index in [9.17, 15) is 5.11 Å².